The van der Waals surface area contributed by atoms with Gasteiger partial charge >= 0.3 is 0 Å². The summed E-state index contributed by atoms with van der Waals surface area (Å²) in [6, 6.07) is 1.45. The summed E-state index contributed by atoms with van der Waals surface area (Å²) in [6.45, 7) is 4.22. The molecule has 0 spiro atoms. The van der Waals surface area contributed by atoms with Crippen molar-refractivity contribution in [1.29, 1.82) is 0 Å². The van der Waals surface area contributed by atoms with Crippen molar-refractivity contribution >= 4 is 15.8 Å². The molecular weight excluding hydrogens is 254 g/mol. The second kappa shape index (κ2) is 4.93. The molecule has 2 rings (SSSR count). The van der Waals surface area contributed by atoms with Gasteiger partial charge in [-0.1, -0.05) is 0 Å². The van der Waals surface area contributed by atoms with E-state index in [2.05, 4.69) is 15.3 Å². The Bertz CT molecular complexity index is 569. The molecule has 1 aliphatic heterocycles. The van der Waals surface area contributed by atoms with E-state index in [0.717, 1.165) is 5.69 Å². The minimum Gasteiger partial charge on any atom is -0.478 e. The lowest BCUT2D eigenvalue weighted by atomic mass is 10.3. The Morgan fingerprint density at radius 3 is 2.89 bits per heavy atom. The first-order chi connectivity index (χ1) is 8.48. The zero-order chi connectivity index (χ0) is 13.2. The minimum atomic E-state index is -3.08. The van der Waals surface area contributed by atoms with E-state index in [4.69, 9.17) is 4.74 Å². The molecule has 1 aromatic heterocycles. The quantitative estimate of drug-likeness (QED) is 0.875. The topological polar surface area (TPSA) is 81.2 Å². The fraction of sp³-hybridized carbons (Fsp3) is 0.455. The van der Waals surface area contributed by atoms with Gasteiger partial charge < -0.3 is 10.1 Å². The van der Waals surface area contributed by atoms with Crippen LogP contribution in [0.3, 0.4) is 0 Å². The Hall–Kier alpha value is -1.63. The first kappa shape index (κ1) is 12.8. The van der Waals surface area contributed by atoms with Crippen LogP contribution in [0.1, 0.15) is 12.6 Å². The summed E-state index contributed by atoms with van der Waals surface area (Å²) >= 11 is 0. The molecule has 0 bridgehead atoms. The van der Waals surface area contributed by atoms with Gasteiger partial charge in [-0.2, -0.15) is 4.98 Å². The number of rotatable bonds is 4. The SMILES string of the molecule is CCOc1cc(C)nc(NC2C=CS(=O)(=O)C2)n1. The van der Waals surface area contributed by atoms with Crippen LogP contribution in [0.15, 0.2) is 17.6 Å². The normalized spacial score (nSPS) is 20.9. The number of hydrogen-bond acceptors (Lipinski definition) is 6. The number of nitrogens with one attached hydrogen (secondary N) is 1. The molecule has 1 unspecified atom stereocenters. The molecule has 98 valence electrons. The van der Waals surface area contributed by atoms with Crippen LogP contribution in [0.5, 0.6) is 5.88 Å². The fourth-order valence-electron chi connectivity index (χ4n) is 1.66. The van der Waals surface area contributed by atoms with Crippen LogP contribution >= 0.6 is 0 Å². The van der Waals surface area contributed by atoms with Crippen LogP contribution in [0.4, 0.5) is 5.95 Å². The molecule has 2 heterocycles. The van der Waals surface area contributed by atoms with Crippen molar-refractivity contribution < 1.29 is 13.2 Å². The molecule has 6 nitrogen and oxygen atoms in total. The van der Waals surface area contributed by atoms with Crippen molar-refractivity contribution in [2.45, 2.75) is 19.9 Å². The number of aromatic nitrogens is 2. The van der Waals surface area contributed by atoms with Crippen molar-refractivity contribution in [2.75, 3.05) is 17.7 Å². The van der Waals surface area contributed by atoms with Crippen LogP contribution < -0.4 is 10.1 Å². The largest absolute Gasteiger partial charge is 0.478 e. The molecule has 18 heavy (non-hydrogen) atoms. The van der Waals surface area contributed by atoms with Gasteiger partial charge in [-0.3, -0.25) is 0 Å². The lowest BCUT2D eigenvalue weighted by Gasteiger charge is -2.11. The number of hydrogen-bond donors (Lipinski definition) is 1. The van der Waals surface area contributed by atoms with E-state index >= 15 is 0 Å². The molecule has 1 N–H and O–H groups in total. The third-order valence-corrected chi connectivity index (χ3v) is 3.76. The van der Waals surface area contributed by atoms with E-state index in [1.54, 1.807) is 12.1 Å². The number of sulfone groups is 1. The van der Waals surface area contributed by atoms with Gasteiger partial charge in [0.2, 0.25) is 11.8 Å². The lowest BCUT2D eigenvalue weighted by molar-refractivity contribution is 0.326. The van der Waals surface area contributed by atoms with E-state index < -0.39 is 9.84 Å². The summed E-state index contributed by atoms with van der Waals surface area (Å²) in [7, 11) is -3.08. The van der Waals surface area contributed by atoms with Gasteiger partial charge in [0.25, 0.3) is 0 Å². The highest BCUT2D eigenvalue weighted by Gasteiger charge is 2.22. The summed E-state index contributed by atoms with van der Waals surface area (Å²) < 4.78 is 27.9. The Morgan fingerprint density at radius 2 is 2.28 bits per heavy atom. The van der Waals surface area contributed by atoms with Crippen molar-refractivity contribution in [2.24, 2.45) is 0 Å². The molecule has 0 saturated carbocycles. The number of anilines is 1. The van der Waals surface area contributed by atoms with E-state index in [0.29, 0.717) is 18.4 Å². The van der Waals surface area contributed by atoms with Crippen molar-refractivity contribution in [3.05, 3.63) is 23.2 Å². The molecule has 0 fully saturated rings. The minimum absolute atomic E-state index is 0.0360. The molecule has 0 aromatic carbocycles. The number of aryl methyl sites for hydroxylation is 1. The Balaban J connectivity index is 2.12. The highest BCUT2D eigenvalue weighted by Crippen LogP contribution is 2.16. The second-order valence-electron chi connectivity index (χ2n) is 4.01. The highest BCUT2D eigenvalue weighted by molar-refractivity contribution is 7.94. The van der Waals surface area contributed by atoms with Gasteiger partial charge in [-0.05, 0) is 19.9 Å². The van der Waals surface area contributed by atoms with Crippen LogP contribution in [-0.4, -0.2) is 36.8 Å². The zero-order valence-corrected chi connectivity index (χ0v) is 11.1. The summed E-state index contributed by atoms with van der Waals surface area (Å²) in [5.74, 6) is 0.899. The predicted octanol–water partition coefficient (Wildman–Crippen LogP) is 0.906. The maximum Gasteiger partial charge on any atom is 0.226 e. The smallest absolute Gasteiger partial charge is 0.226 e. The van der Waals surface area contributed by atoms with E-state index in [9.17, 15) is 8.42 Å². The third-order valence-electron chi connectivity index (χ3n) is 2.37. The molecule has 1 aromatic rings. The van der Waals surface area contributed by atoms with Gasteiger partial charge in [0.05, 0.1) is 18.4 Å². The molecule has 7 heteroatoms. The van der Waals surface area contributed by atoms with Crippen molar-refractivity contribution in [3.8, 4) is 5.88 Å². The third kappa shape index (κ3) is 3.19. The summed E-state index contributed by atoms with van der Waals surface area (Å²) in [5, 5.41) is 4.18. The molecule has 1 atom stereocenters. The van der Waals surface area contributed by atoms with Gasteiger partial charge in [-0.25, -0.2) is 13.4 Å². The molecule has 1 aliphatic rings. The first-order valence-electron chi connectivity index (χ1n) is 5.64. The summed E-state index contributed by atoms with van der Waals surface area (Å²) in [4.78, 5) is 8.36. The average molecular weight is 269 g/mol. The van der Waals surface area contributed by atoms with Crippen LogP contribution in [0.25, 0.3) is 0 Å². The highest BCUT2D eigenvalue weighted by atomic mass is 32.2. The van der Waals surface area contributed by atoms with Gasteiger partial charge in [-0.15, -0.1) is 0 Å². The van der Waals surface area contributed by atoms with Gasteiger partial charge in [0.15, 0.2) is 9.84 Å². The van der Waals surface area contributed by atoms with Crippen LogP contribution in [0, 0.1) is 6.92 Å². The molecular formula is C11H15N3O3S. The predicted molar refractivity (Wildman–Crippen MR) is 68.3 cm³/mol. The van der Waals surface area contributed by atoms with Crippen molar-refractivity contribution in [3.63, 3.8) is 0 Å². The molecule has 0 radical (unpaired) electrons. The lowest BCUT2D eigenvalue weighted by Crippen LogP contribution is -2.22. The molecule has 0 amide bonds. The Labute approximate surface area is 106 Å². The first-order valence-corrected chi connectivity index (χ1v) is 7.36. The van der Waals surface area contributed by atoms with E-state index in [-0.39, 0.29) is 11.8 Å². The maximum absolute atomic E-state index is 11.3. The standard InChI is InChI=1S/C11H15N3O3S/c1-3-17-10-6-8(2)12-11(14-10)13-9-4-5-18(15,16)7-9/h4-6,9H,3,7H2,1-2H3,(H,12,13,14). The van der Waals surface area contributed by atoms with Crippen LogP contribution in [0.2, 0.25) is 0 Å². The van der Waals surface area contributed by atoms with E-state index in [1.165, 1.54) is 5.41 Å². The monoisotopic (exact) mass is 269 g/mol. The summed E-state index contributed by atoms with van der Waals surface area (Å²) in [5.41, 5.74) is 0.765. The average Bonchev–Trinajstić information content (AvgIpc) is 2.57. The van der Waals surface area contributed by atoms with Gasteiger partial charge in [0.1, 0.15) is 0 Å². The Morgan fingerprint density at radius 1 is 1.50 bits per heavy atom. The number of nitrogens with zero attached hydrogens (tertiary/aromatic N) is 2. The zero-order valence-electron chi connectivity index (χ0n) is 10.3. The van der Waals surface area contributed by atoms with Gasteiger partial charge in [0, 0.05) is 17.2 Å². The Kier molecular flexibility index (Phi) is 3.51. The maximum atomic E-state index is 11.3. The van der Waals surface area contributed by atoms with E-state index in [1.807, 2.05) is 13.8 Å². The van der Waals surface area contributed by atoms with Crippen molar-refractivity contribution in [1.82, 2.24) is 9.97 Å². The number of ether oxygens (including phenoxy) is 1. The molecule has 0 saturated heterocycles. The second-order valence-corrected chi connectivity index (χ2v) is 5.94. The fourth-order valence-corrected chi connectivity index (χ4v) is 2.89. The van der Waals surface area contributed by atoms with Crippen LogP contribution in [-0.2, 0) is 9.84 Å². The molecule has 0 aliphatic carbocycles. The summed E-state index contributed by atoms with van der Waals surface area (Å²) in [6.07, 6.45) is 1.60.